The summed E-state index contributed by atoms with van der Waals surface area (Å²) >= 11 is 0. The molecule has 0 saturated carbocycles. The van der Waals surface area contributed by atoms with E-state index in [0.29, 0.717) is 5.69 Å². The van der Waals surface area contributed by atoms with Gasteiger partial charge in [-0.1, -0.05) is 12.1 Å². The van der Waals surface area contributed by atoms with Crippen LogP contribution in [0.5, 0.6) is 0 Å². The number of carboxylic acid groups (broad SMARTS) is 1. The van der Waals surface area contributed by atoms with Crippen molar-refractivity contribution in [3.63, 3.8) is 0 Å². The van der Waals surface area contributed by atoms with Gasteiger partial charge in [-0.25, -0.2) is 9.18 Å². The van der Waals surface area contributed by atoms with Crippen molar-refractivity contribution in [1.29, 1.82) is 0 Å². The van der Waals surface area contributed by atoms with Crippen LogP contribution in [0.25, 0.3) is 0 Å². The molecule has 0 aliphatic heterocycles. The first-order valence-electron chi connectivity index (χ1n) is 5.98. The highest BCUT2D eigenvalue weighted by atomic mass is 19.1. The van der Waals surface area contributed by atoms with Gasteiger partial charge in [-0.05, 0) is 29.8 Å². The van der Waals surface area contributed by atoms with Crippen molar-refractivity contribution in [3.8, 4) is 0 Å². The predicted octanol–water partition coefficient (Wildman–Crippen LogP) is 3.04. The van der Waals surface area contributed by atoms with E-state index in [2.05, 4.69) is 5.32 Å². The molecule has 108 valence electrons. The molecule has 0 spiro atoms. The molecule has 2 aromatic rings. The zero-order valence-corrected chi connectivity index (χ0v) is 10.7. The van der Waals surface area contributed by atoms with Crippen LogP contribution in [-0.2, 0) is 6.54 Å². The van der Waals surface area contributed by atoms with Gasteiger partial charge in [0.05, 0.1) is 4.92 Å². The minimum atomic E-state index is -1.36. The lowest BCUT2D eigenvalue weighted by Crippen LogP contribution is -2.10. The molecule has 21 heavy (non-hydrogen) atoms. The summed E-state index contributed by atoms with van der Waals surface area (Å²) in [5, 5.41) is 22.9. The summed E-state index contributed by atoms with van der Waals surface area (Å²) in [6, 6.07) is 9.56. The molecule has 6 nitrogen and oxygen atoms in total. The third-order valence-corrected chi connectivity index (χ3v) is 2.87. The Hall–Kier alpha value is -2.96. The number of rotatable bonds is 5. The van der Waals surface area contributed by atoms with Gasteiger partial charge in [-0.3, -0.25) is 10.1 Å². The summed E-state index contributed by atoms with van der Waals surface area (Å²) in [5.74, 6) is -1.75. The van der Waals surface area contributed by atoms with Crippen LogP contribution in [0, 0.1) is 15.9 Å². The fourth-order valence-electron chi connectivity index (χ4n) is 1.90. The van der Waals surface area contributed by atoms with E-state index in [9.17, 15) is 19.3 Å². The molecule has 0 aromatic heterocycles. The van der Waals surface area contributed by atoms with E-state index in [0.717, 1.165) is 6.07 Å². The Bertz CT molecular complexity index is 686. The predicted molar refractivity (Wildman–Crippen MR) is 73.8 cm³/mol. The molecule has 2 N–H and O–H groups in total. The van der Waals surface area contributed by atoms with E-state index in [4.69, 9.17) is 5.11 Å². The molecular weight excluding hydrogens is 279 g/mol. The summed E-state index contributed by atoms with van der Waals surface area (Å²) < 4.78 is 12.8. The molecule has 0 aliphatic rings. The Kier molecular flexibility index (Phi) is 4.13. The Morgan fingerprint density at radius 1 is 1.24 bits per heavy atom. The second-order valence-corrected chi connectivity index (χ2v) is 4.23. The zero-order valence-electron chi connectivity index (χ0n) is 10.7. The van der Waals surface area contributed by atoms with Gasteiger partial charge >= 0.3 is 5.97 Å². The van der Waals surface area contributed by atoms with Crippen molar-refractivity contribution < 1.29 is 19.2 Å². The van der Waals surface area contributed by atoms with Crippen LogP contribution >= 0.6 is 0 Å². The van der Waals surface area contributed by atoms with Crippen molar-refractivity contribution in [3.05, 3.63) is 69.5 Å². The average Bonchev–Trinajstić information content (AvgIpc) is 2.46. The van der Waals surface area contributed by atoms with Gasteiger partial charge in [0.1, 0.15) is 11.4 Å². The lowest BCUT2D eigenvalue weighted by Gasteiger charge is -2.09. The van der Waals surface area contributed by atoms with Crippen LogP contribution in [0.15, 0.2) is 42.5 Å². The number of carboxylic acids is 1. The van der Waals surface area contributed by atoms with Gasteiger partial charge in [0.15, 0.2) is 0 Å². The molecule has 0 amide bonds. The van der Waals surface area contributed by atoms with Gasteiger partial charge in [0.25, 0.3) is 5.69 Å². The molecular formula is C14H11FN2O4. The second kappa shape index (κ2) is 6.00. The van der Waals surface area contributed by atoms with E-state index in [-0.39, 0.29) is 23.5 Å². The van der Waals surface area contributed by atoms with E-state index < -0.39 is 16.6 Å². The molecule has 0 aliphatic carbocycles. The fraction of sp³-hybridized carbons (Fsp3) is 0.0714. The number of nitro groups is 1. The van der Waals surface area contributed by atoms with E-state index in [1.165, 1.54) is 36.4 Å². The van der Waals surface area contributed by atoms with Crippen molar-refractivity contribution >= 4 is 17.3 Å². The Morgan fingerprint density at radius 3 is 2.48 bits per heavy atom. The van der Waals surface area contributed by atoms with Crippen molar-refractivity contribution in [2.75, 3.05) is 5.32 Å². The number of benzene rings is 2. The van der Waals surface area contributed by atoms with Crippen LogP contribution in [0.2, 0.25) is 0 Å². The SMILES string of the molecule is O=C(O)c1c(CNc2ccc(F)cc2)cccc1[N+](=O)[O-]. The van der Waals surface area contributed by atoms with Crippen molar-refractivity contribution in [2.45, 2.75) is 6.54 Å². The van der Waals surface area contributed by atoms with E-state index in [1.807, 2.05) is 0 Å². The average molecular weight is 290 g/mol. The lowest BCUT2D eigenvalue weighted by molar-refractivity contribution is -0.385. The van der Waals surface area contributed by atoms with Gasteiger partial charge in [0, 0.05) is 18.3 Å². The minimum Gasteiger partial charge on any atom is -0.477 e. The maximum Gasteiger partial charge on any atom is 0.343 e. The van der Waals surface area contributed by atoms with Crippen LogP contribution in [0.1, 0.15) is 15.9 Å². The topological polar surface area (TPSA) is 92.5 Å². The highest BCUT2D eigenvalue weighted by Gasteiger charge is 2.23. The number of anilines is 1. The monoisotopic (exact) mass is 290 g/mol. The molecule has 0 atom stereocenters. The number of nitrogens with zero attached hydrogens (tertiary/aromatic N) is 1. The fourth-order valence-corrected chi connectivity index (χ4v) is 1.90. The standard InChI is InChI=1S/C14H11FN2O4/c15-10-4-6-11(7-5-10)16-8-9-2-1-3-12(17(20)21)13(9)14(18)19/h1-7,16H,8H2,(H,18,19). The first-order valence-corrected chi connectivity index (χ1v) is 5.98. The van der Waals surface area contributed by atoms with E-state index >= 15 is 0 Å². The smallest absolute Gasteiger partial charge is 0.343 e. The Balaban J connectivity index is 2.27. The maximum absolute atomic E-state index is 12.8. The van der Waals surface area contributed by atoms with Gasteiger partial charge < -0.3 is 10.4 Å². The molecule has 0 bridgehead atoms. The molecule has 0 fully saturated rings. The lowest BCUT2D eigenvalue weighted by atomic mass is 10.1. The summed E-state index contributed by atoms with van der Waals surface area (Å²) in [6.45, 7) is 0.0783. The third kappa shape index (κ3) is 3.33. The summed E-state index contributed by atoms with van der Waals surface area (Å²) in [5.41, 5.74) is 0.0540. The largest absolute Gasteiger partial charge is 0.477 e. The van der Waals surface area contributed by atoms with Crippen molar-refractivity contribution in [2.24, 2.45) is 0 Å². The molecule has 0 unspecified atom stereocenters. The number of carbonyl (C=O) groups is 1. The number of hydrogen-bond acceptors (Lipinski definition) is 4. The molecule has 0 saturated heterocycles. The van der Waals surface area contributed by atoms with Crippen LogP contribution < -0.4 is 5.32 Å². The number of halogens is 1. The number of nitrogens with one attached hydrogen (secondary N) is 1. The molecule has 2 aromatic carbocycles. The molecule has 2 rings (SSSR count). The van der Waals surface area contributed by atoms with Crippen LogP contribution in [0.3, 0.4) is 0 Å². The quantitative estimate of drug-likeness (QED) is 0.652. The zero-order chi connectivity index (χ0) is 15.4. The molecule has 7 heteroatoms. The first kappa shape index (κ1) is 14.4. The van der Waals surface area contributed by atoms with Gasteiger partial charge in [-0.15, -0.1) is 0 Å². The number of hydrogen-bond donors (Lipinski definition) is 2. The summed E-state index contributed by atoms with van der Waals surface area (Å²) in [4.78, 5) is 21.4. The van der Waals surface area contributed by atoms with E-state index in [1.54, 1.807) is 0 Å². The van der Waals surface area contributed by atoms with Crippen LogP contribution in [-0.4, -0.2) is 16.0 Å². The normalized spacial score (nSPS) is 10.1. The number of nitro benzene ring substituents is 1. The highest BCUT2D eigenvalue weighted by molar-refractivity contribution is 5.94. The highest BCUT2D eigenvalue weighted by Crippen LogP contribution is 2.23. The second-order valence-electron chi connectivity index (χ2n) is 4.23. The Morgan fingerprint density at radius 2 is 1.90 bits per heavy atom. The Labute approximate surface area is 119 Å². The summed E-state index contributed by atoms with van der Waals surface area (Å²) in [7, 11) is 0. The molecule has 0 heterocycles. The third-order valence-electron chi connectivity index (χ3n) is 2.87. The minimum absolute atomic E-state index is 0.0783. The van der Waals surface area contributed by atoms with Crippen LogP contribution in [0.4, 0.5) is 15.8 Å². The summed E-state index contributed by atoms with van der Waals surface area (Å²) in [6.07, 6.45) is 0. The first-order chi connectivity index (χ1) is 9.99. The number of aromatic carboxylic acids is 1. The van der Waals surface area contributed by atoms with Crippen molar-refractivity contribution in [1.82, 2.24) is 0 Å². The maximum atomic E-state index is 12.8. The van der Waals surface area contributed by atoms with Gasteiger partial charge in [0.2, 0.25) is 0 Å². The molecule has 0 radical (unpaired) electrons. The van der Waals surface area contributed by atoms with Gasteiger partial charge in [-0.2, -0.15) is 0 Å².